The minimum atomic E-state index is -1.13. The van der Waals surface area contributed by atoms with Crippen LogP contribution in [0.15, 0.2) is 40.7 Å². The molecule has 0 radical (unpaired) electrons. The van der Waals surface area contributed by atoms with Gasteiger partial charge in [-0.2, -0.15) is 0 Å². The number of hydrogen-bond donors (Lipinski definition) is 2. The third-order valence-corrected chi connectivity index (χ3v) is 7.18. The van der Waals surface area contributed by atoms with E-state index < -0.39 is 28.7 Å². The second-order valence-electron chi connectivity index (χ2n) is 11.5. The van der Waals surface area contributed by atoms with Gasteiger partial charge in [0.1, 0.15) is 12.3 Å². The number of aromatic carboxylic acids is 1. The van der Waals surface area contributed by atoms with E-state index in [2.05, 4.69) is 0 Å². The van der Waals surface area contributed by atoms with E-state index in [4.69, 9.17) is 4.74 Å². The number of Topliss-reactive ketones (excluding diaryl/α,β-unsaturated/α-hetero) is 2. The Morgan fingerprint density at radius 1 is 0.944 bits per heavy atom. The van der Waals surface area contributed by atoms with Gasteiger partial charge < -0.3 is 19.8 Å². The maximum Gasteiger partial charge on any atom is 0.335 e. The molecule has 0 aromatic heterocycles. The molecular formula is C28H33NO7. The number of carboxylic acid groups (broad SMARTS) is 2. The fourth-order valence-corrected chi connectivity index (χ4v) is 5.88. The van der Waals surface area contributed by atoms with Gasteiger partial charge in [-0.3, -0.25) is 14.4 Å². The highest BCUT2D eigenvalue weighted by molar-refractivity contribution is 6.07. The molecule has 4 rings (SSSR count). The van der Waals surface area contributed by atoms with Crippen molar-refractivity contribution in [3.05, 3.63) is 51.9 Å². The second-order valence-corrected chi connectivity index (χ2v) is 11.5. The molecule has 1 aromatic carbocycles. The molecule has 1 aliphatic heterocycles. The predicted octanol–water partition coefficient (Wildman–Crippen LogP) is 4.55. The van der Waals surface area contributed by atoms with Crippen molar-refractivity contribution in [2.45, 2.75) is 66.2 Å². The van der Waals surface area contributed by atoms with Crippen LogP contribution in [0.5, 0.6) is 5.75 Å². The van der Waals surface area contributed by atoms with Gasteiger partial charge in [0.2, 0.25) is 0 Å². The standard InChI is InChI=1S/C28H33NO7/c1-6-36-21-8-7-15(26(34)35)9-16(21)23-24-17(10-27(2,3)12-19(24)30)29(14-22(32)33)18-11-28(4,5)13-20(31)25(18)23/h7-9,23H,6,10-14H2,1-5H3,(H,32,33)(H,34,35). The molecule has 0 saturated heterocycles. The number of carbonyl (C=O) groups is 4. The monoisotopic (exact) mass is 495 g/mol. The summed E-state index contributed by atoms with van der Waals surface area (Å²) in [5.74, 6) is -2.90. The van der Waals surface area contributed by atoms with Crippen LogP contribution in [-0.4, -0.2) is 51.8 Å². The summed E-state index contributed by atoms with van der Waals surface area (Å²) in [5, 5.41) is 19.5. The fraction of sp³-hybridized carbons (Fsp3) is 0.500. The van der Waals surface area contributed by atoms with Crippen molar-refractivity contribution in [3.8, 4) is 5.75 Å². The average molecular weight is 496 g/mol. The number of ether oxygens (including phenoxy) is 1. The van der Waals surface area contributed by atoms with Crippen molar-refractivity contribution < 1.29 is 34.1 Å². The van der Waals surface area contributed by atoms with Crippen LogP contribution in [0.2, 0.25) is 0 Å². The molecule has 0 saturated carbocycles. The highest BCUT2D eigenvalue weighted by Gasteiger charge is 2.50. The lowest BCUT2D eigenvalue weighted by molar-refractivity contribution is -0.138. The molecule has 1 heterocycles. The third kappa shape index (κ3) is 4.56. The lowest BCUT2D eigenvalue weighted by Crippen LogP contribution is -2.45. The Bertz CT molecular complexity index is 1180. The smallest absolute Gasteiger partial charge is 0.335 e. The molecule has 2 aliphatic carbocycles. The Balaban J connectivity index is 2.08. The molecular weight excluding hydrogens is 462 g/mol. The highest BCUT2D eigenvalue weighted by Crippen LogP contribution is 2.55. The van der Waals surface area contributed by atoms with Crippen molar-refractivity contribution >= 4 is 23.5 Å². The number of carboxylic acids is 2. The SMILES string of the molecule is CCOc1ccc(C(=O)O)cc1C1C2=C(CC(C)(C)CC2=O)N(CC(=O)O)C2=C1C(=O)CC(C)(C)C2. The summed E-state index contributed by atoms with van der Waals surface area (Å²) in [6.45, 7) is 9.65. The molecule has 8 nitrogen and oxygen atoms in total. The minimum Gasteiger partial charge on any atom is -0.494 e. The zero-order valence-corrected chi connectivity index (χ0v) is 21.4. The first-order chi connectivity index (χ1) is 16.7. The topological polar surface area (TPSA) is 121 Å². The molecule has 0 unspecified atom stereocenters. The fourth-order valence-electron chi connectivity index (χ4n) is 5.88. The van der Waals surface area contributed by atoms with Crippen molar-refractivity contribution in [2.24, 2.45) is 10.8 Å². The van der Waals surface area contributed by atoms with Crippen LogP contribution in [0, 0.1) is 10.8 Å². The Kier molecular flexibility index (Phi) is 6.35. The number of carbonyl (C=O) groups excluding carboxylic acids is 2. The number of hydrogen-bond acceptors (Lipinski definition) is 6. The van der Waals surface area contributed by atoms with Crippen LogP contribution >= 0.6 is 0 Å². The van der Waals surface area contributed by atoms with E-state index >= 15 is 0 Å². The van der Waals surface area contributed by atoms with Crippen LogP contribution in [0.4, 0.5) is 0 Å². The summed E-state index contributed by atoms with van der Waals surface area (Å²) in [6.07, 6.45) is 1.42. The average Bonchev–Trinajstić information content (AvgIpc) is 2.73. The van der Waals surface area contributed by atoms with Crippen LogP contribution < -0.4 is 4.74 Å². The molecule has 0 fully saturated rings. The summed E-state index contributed by atoms with van der Waals surface area (Å²) in [4.78, 5) is 53.0. The van der Waals surface area contributed by atoms with E-state index in [0.717, 1.165) is 0 Å². The van der Waals surface area contributed by atoms with Gasteiger partial charge in [-0.25, -0.2) is 4.79 Å². The number of aliphatic carboxylic acids is 1. The summed E-state index contributed by atoms with van der Waals surface area (Å²) >= 11 is 0. The van der Waals surface area contributed by atoms with Crippen molar-refractivity contribution in [3.63, 3.8) is 0 Å². The Morgan fingerprint density at radius 3 is 1.92 bits per heavy atom. The van der Waals surface area contributed by atoms with Gasteiger partial charge in [0, 0.05) is 46.9 Å². The number of benzene rings is 1. The first-order valence-electron chi connectivity index (χ1n) is 12.3. The minimum absolute atomic E-state index is 0.0258. The Labute approximate surface area is 210 Å². The lowest BCUT2D eigenvalue weighted by atomic mass is 9.63. The molecule has 1 aromatic rings. The summed E-state index contributed by atoms with van der Waals surface area (Å²) in [6, 6.07) is 4.50. The van der Waals surface area contributed by atoms with Gasteiger partial charge in [-0.1, -0.05) is 27.7 Å². The molecule has 0 atom stereocenters. The molecule has 3 aliphatic rings. The molecule has 192 valence electrons. The normalized spacial score (nSPS) is 21.3. The zero-order valence-electron chi connectivity index (χ0n) is 21.4. The zero-order chi connectivity index (χ0) is 26.6. The molecule has 2 N–H and O–H groups in total. The van der Waals surface area contributed by atoms with Crippen LogP contribution in [-0.2, 0) is 14.4 Å². The number of rotatable bonds is 6. The van der Waals surface area contributed by atoms with Gasteiger partial charge >= 0.3 is 11.9 Å². The maximum atomic E-state index is 13.7. The largest absolute Gasteiger partial charge is 0.494 e. The van der Waals surface area contributed by atoms with Gasteiger partial charge in [0.15, 0.2) is 11.6 Å². The van der Waals surface area contributed by atoms with Crippen molar-refractivity contribution in [1.29, 1.82) is 0 Å². The van der Waals surface area contributed by atoms with Gasteiger partial charge in [0.05, 0.1) is 12.2 Å². The lowest BCUT2D eigenvalue weighted by Gasteiger charge is -2.48. The van der Waals surface area contributed by atoms with E-state index in [9.17, 15) is 29.4 Å². The van der Waals surface area contributed by atoms with Crippen molar-refractivity contribution in [2.75, 3.05) is 13.2 Å². The van der Waals surface area contributed by atoms with Crippen LogP contribution in [0.1, 0.15) is 82.1 Å². The number of ketones is 2. The first-order valence-corrected chi connectivity index (χ1v) is 12.3. The molecule has 36 heavy (non-hydrogen) atoms. The van der Waals surface area contributed by atoms with E-state index in [-0.39, 0.29) is 36.5 Å². The van der Waals surface area contributed by atoms with E-state index in [1.54, 1.807) is 11.0 Å². The maximum absolute atomic E-state index is 13.7. The third-order valence-electron chi connectivity index (χ3n) is 7.18. The summed E-state index contributed by atoms with van der Waals surface area (Å²) < 4.78 is 5.86. The second kappa shape index (κ2) is 8.91. The molecule has 0 spiro atoms. The molecule has 0 amide bonds. The predicted molar refractivity (Wildman–Crippen MR) is 132 cm³/mol. The number of allylic oxidation sites excluding steroid dienone is 4. The highest BCUT2D eigenvalue weighted by atomic mass is 16.5. The summed E-state index contributed by atoms with van der Waals surface area (Å²) in [5.41, 5.74) is 1.67. The Morgan fingerprint density at radius 2 is 1.47 bits per heavy atom. The number of nitrogens with zero attached hydrogens (tertiary/aromatic N) is 1. The van der Waals surface area contributed by atoms with Gasteiger partial charge in [0.25, 0.3) is 0 Å². The van der Waals surface area contributed by atoms with Crippen LogP contribution in [0.25, 0.3) is 0 Å². The first kappa shape index (κ1) is 25.7. The van der Waals surface area contributed by atoms with Gasteiger partial charge in [-0.15, -0.1) is 0 Å². The van der Waals surface area contributed by atoms with Gasteiger partial charge in [-0.05, 0) is 48.8 Å². The van der Waals surface area contributed by atoms with Crippen molar-refractivity contribution in [1.82, 2.24) is 4.90 Å². The van der Waals surface area contributed by atoms with E-state index in [0.29, 0.717) is 53.3 Å². The quantitative estimate of drug-likeness (QED) is 0.589. The van der Waals surface area contributed by atoms with E-state index in [1.807, 2.05) is 34.6 Å². The Hall–Kier alpha value is -3.42. The van der Waals surface area contributed by atoms with E-state index in [1.165, 1.54) is 12.1 Å². The summed E-state index contributed by atoms with van der Waals surface area (Å²) in [7, 11) is 0. The molecule has 0 bridgehead atoms. The van der Waals surface area contributed by atoms with Crippen LogP contribution in [0.3, 0.4) is 0 Å². The molecule has 8 heteroatoms.